The highest BCUT2D eigenvalue weighted by atomic mass is 35.5. The molecule has 1 saturated heterocycles. The van der Waals surface area contributed by atoms with Gasteiger partial charge in [0.2, 0.25) is 5.91 Å². The lowest BCUT2D eigenvalue weighted by molar-refractivity contribution is -0.124. The quantitative estimate of drug-likeness (QED) is 0.874. The molecule has 2 rings (SSSR count). The monoisotopic (exact) mass is 310 g/mol. The molecule has 0 radical (unpaired) electrons. The molecule has 3 amide bonds. The van der Waals surface area contributed by atoms with Gasteiger partial charge in [0.1, 0.15) is 0 Å². The normalized spacial score (nSPS) is 17.3. The molecule has 7 heteroatoms. The van der Waals surface area contributed by atoms with Gasteiger partial charge in [-0.15, -0.1) is 0 Å². The second-order valence-electron chi connectivity index (χ2n) is 5.00. The number of imide groups is 1. The average molecular weight is 311 g/mol. The summed E-state index contributed by atoms with van der Waals surface area (Å²) in [6, 6.07) is 6.51. The van der Waals surface area contributed by atoms with Crippen LogP contribution in [0.2, 0.25) is 5.02 Å². The van der Waals surface area contributed by atoms with E-state index >= 15 is 0 Å². The Balaban J connectivity index is 1.93. The predicted octanol–water partition coefficient (Wildman–Crippen LogP) is 1.05. The Labute approximate surface area is 128 Å². The summed E-state index contributed by atoms with van der Waals surface area (Å²) in [5, 5.41) is 2.84. The number of hydrogen-bond acceptors (Lipinski definition) is 4. The van der Waals surface area contributed by atoms with Gasteiger partial charge in [0, 0.05) is 26.2 Å². The van der Waals surface area contributed by atoms with Crippen LogP contribution in [0.3, 0.4) is 0 Å². The van der Waals surface area contributed by atoms with Crippen LogP contribution in [-0.4, -0.2) is 49.1 Å². The lowest BCUT2D eigenvalue weighted by Gasteiger charge is -2.38. The van der Waals surface area contributed by atoms with Crippen molar-refractivity contribution < 1.29 is 9.59 Å². The Hall–Kier alpha value is -1.79. The van der Waals surface area contributed by atoms with Gasteiger partial charge in [0.25, 0.3) is 0 Å². The van der Waals surface area contributed by atoms with Crippen LogP contribution in [0, 0.1) is 0 Å². The number of urea groups is 1. The van der Waals surface area contributed by atoms with Crippen molar-refractivity contribution in [2.75, 3.05) is 31.1 Å². The van der Waals surface area contributed by atoms with Crippen molar-refractivity contribution >= 4 is 29.2 Å². The summed E-state index contributed by atoms with van der Waals surface area (Å²) in [4.78, 5) is 26.7. The number of primary amides is 1. The molecular weight excluding hydrogens is 292 g/mol. The van der Waals surface area contributed by atoms with E-state index in [2.05, 4.69) is 10.2 Å². The fraction of sp³-hybridized carbons (Fsp3) is 0.429. The van der Waals surface area contributed by atoms with Crippen molar-refractivity contribution in [1.29, 1.82) is 0 Å². The molecule has 1 fully saturated rings. The van der Waals surface area contributed by atoms with Gasteiger partial charge < -0.3 is 10.6 Å². The van der Waals surface area contributed by atoms with Crippen molar-refractivity contribution in [3.63, 3.8) is 0 Å². The smallest absolute Gasteiger partial charge is 0.318 e. The van der Waals surface area contributed by atoms with Gasteiger partial charge in [-0.25, -0.2) is 4.79 Å². The molecule has 0 spiro atoms. The third-order valence-electron chi connectivity index (χ3n) is 3.68. The number of nitrogens with one attached hydrogen (secondary N) is 1. The highest BCUT2D eigenvalue weighted by Gasteiger charge is 2.26. The number of carbonyl (C=O) groups is 2. The number of benzene rings is 1. The summed E-state index contributed by atoms with van der Waals surface area (Å²) in [7, 11) is 0. The fourth-order valence-electron chi connectivity index (χ4n) is 2.45. The number of piperazine rings is 1. The van der Waals surface area contributed by atoms with E-state index in [0.29, 0.717) is 0 Å². The Morgan fingerprint density at radius 1 is 1.24 bits per heavy atom. The number of anilines is 1. The minimum Gasteiger partial charge on any atom is -0.368 e. The molecule has 1 heterocycles. The van der Waals surface area contributed by atoms with Crippen molar-refractivity contribution in [2.45, 2.75) is 13.0 Å². The summed E-state index contributed by atoms with van der Waals surface area (Å²) in [5.74, 6) is -0.367. The average Bonchev–Trinajstić information content (AvgIpc) is 2.46. The molecule has 1 aromatic rings. The van der Waals surface area contributed by atoms with Crippen LogP contribution in [0.5, 0.6) is 0 Å². The predicted molar refractivity (Wildman–Crippen MR) is 82.4 cm³/mol. The largest absolute Gasteiger partial charge is 0.368 e. The maximum atomic E-state index is 11.8. The maximum absolute atomic E-state index is 11.8. The van der Waals surface area contributed by atoms with Gasteiger partial charge in [-0.2, -0.15) is 0 Å². The fourth-order valence-corrected chi connectivity index (χ4v) is 2.71. The molecule has 1 aromatic carbocycles. The van der Waals surface area contributed by atoms with E-state index in [9.17, 15) is 9.59 Å². The summed E-state index contributed by atoms with van der Waals surface area (Å²) in [5.41, 5.74) is 5.97. The van der Waals surface area contributed by atoms with E-state index in [1.54, 1.807) is 6.92 Å². The zero-order valence-corrected chi connectivity index (χ0v) is 12.6. The number of nitrogens with two attached hydrogens (primary N) is 1. The number of nitrogens with zero attached hydrogens (tertiary/aromatic N) is 2. The second kappa shape index (κ2) is 6.78. The Bertz CT molecular complexity index is 529. The lowest BCUT2D eigenvalue weighted by atomic mass is 10.2. The van der Waals surface area contributed by atoms with Gasteiger partial charge in [0.15, 0.2) is 0 Å². The molecule has 6 nitrogen and oxygen atoms in total. The zero-order chi connectivity index (χ0) is 15.4. The number of rotatable bonds is 3. The van der Waals surface area contributed by atoms with Gasteiger partial charge in [0.05, 0.1) is 16.8 Å². The van der Waals surface area contributed by atoms with E-state index in [-0.39, 0.29) is 11.9 Å². The van der Waals surface area contributed by atoms with Crippen LogP contribution in [-0.2, 0) is 4.79 Å². The first-order valence-corrected chi connectivity index (χ1v) is 7.20. The first-order chi connectivity index (χ1) is 9.99. The van der Waals surface area contributed by atoms with Crippen molar-refractivity contribution in [3.8, 4) is 0 Å². The van der Waals surface area contributed by atoms with E-state index in [4.69, 9.17) is 17.3 Å². The molecule has 0 saturated carbocycles. The molecule has 0 unspecified atom stereocenters. The van der Waals surface area contributed by atoms with Gasteiger partial charge in [-0.1, -0.05) is 23.7 Å². The van der Waals surface area contributed by atoms with E-state index in [1.807, 2.05) is 29.2 Å². The molecule has 21 heavy (non-hydrogen) atoms. The molecule has 1 atom stereocenters. The van der Waals surface area contributed by atoms with Crippen LogP contribution >= 0.6 is 11.6 Å². The molecule has 0 aromatic heterocycles. The summed E-state index contributed by atoms with van der Waals surface area (Å²) < 4.78 is 0. The molecular formula is C14H19ClN4O2. The third kappa shape index (κ3) is 3.86. The number of carbonyl (C=O) groups excluding carboxylic acids is 2. The first kappa shape index (κ1) is 15.6. The van der Waals surface area contributed by atoms with E-state index < -0.39 is 6.03 Å². The molecule has 3 N–H and O–H groups in total. The van der Waals surface area contributed by atoms with Crippen LogP contribution in [0.1, 0.15) is 6.92 Å². The summed E-state index contributed by atoms with van der Waals surface area (Å²) in [6.45, 7) is 4.76. The summed E-state index contributed by atoms with van der Waals surface area (Å²) >= 11 is 6.19. The zero-order valence-electron chi connectivity index (χ0n) is 11.9. The van der Waals surface area contributed by atoms with Crippen molar-refractivity contribution in [1.82, 2.24) is 10.2 Å². The van der Waals surface area contributed by atoms with Crippen molar-refractivity contribution in [3.05, 3.63) is 29.3 Å². The molecule has 0 bridgehead atoms. The van der Waals surface area contributed by atoms with Gasteiger partial charge in [-0.05, 0) is 19.1 Å². The van der Waals surface area contributed by atoms with Gasteiger partial charge in [-0.3, -0.25) is 15.0 Å². The minimum absolute atomic E-state index is 0.367. The molecule has 1 aliphatic rings. The summed E-state index contributed by atoms with van der Waals surface area (Å²) in [6.07, 6.45) is 0. The first-order valence-electron chi connectivity index (χ1n) is 6.83. The molecule has 114 valence electrons. The topological polar surface area (TPSA) is 78.7 Å². The number of hydrogen-bond donors (Lipinski definition) is 2. The number of amides is 3. The van der Waals surface area contributed by atoms with E-state index in [1.165, 1.54) is 0 Å². The number of halogens is 1. The standard InChI is InChI=1S/C14H19ClN4O2/c1-10(13(20)17-14(16)21)18-6-8-19(9-7-18)12-5-3-2-4-11(12)15/h2-5,10H,6-9H2,1H3,(H3,16,17,20,21)/t10-/m1/s1. The number of para-hydroxylation sites is 1. The second-order valence-corrected chi connectivity index (χ2v) is 5.41. The van der Waals surface area contributed by atoms with Crippen LogP contribution in [0.4, 0.5) is 10.5 Å². The highest BCUT2D eigenvalue weighted by molar-refractivity contribution is 6.33. The Morgan fingerprint density at radius 2 is 1.86 bits per heavy atom. The Morgan fingerprint density at radius 3 is 2.43 bits per heavy atom. The third-order valence-corrected chi connectivity index (χ3v) is 4.00. The van der Waals surface area contributed by atoms with Crippen LogP contribution in [0.15, 0.2) is 24.3 Å². The van der Waals surface area contributed by atoms with Crippen molar-refractivity contribution in [2.24, 2.45) is 5.73 Å². The highest BCUT2D eigenvalue weighted by Crippen LogP contribution is 2.26. The van der Waals surface area contributed by atoms with Crippen LogP contribution < -0.4 is 16.0 Å². The molecule has 1 aliphatic heterocycles. The maximum Gasteiger partial charge on any atom is 0.318 e. The lowest BCUT2D eigenvalue weighted by Crippen LogP contribution is -2.55. The minimum atomic E-state index is -0.818. The van der Waals surface area contributed by atoms with E-state index in [0.717, 1.165) is 36.9 Å². The van der Waals surface area contributed by atoms with Gasteiger partial charge >= 0.3 is 6.03 Å². The SMILES string of the molecule is C[C@H](C(=O)NC(N)=O)N1CCN(c2ccccc2Cl)CC1. The molecule has 0 aliphatic carbocycles. The Kier molecular flexibility index (Phi) is 5.03. The van der Waals surface area contributed by atoms with Crippen LogP contribution in [0.25, 0.3) is 0 Å².